The largest absolute Gasteiger partial charge is 0.364 e. The Morgan fingerprint density at radius 2 is 2.04 bits per heavy atom. The first-order valence-electron chi connectivity index (χ1n) is 9.03. The molecule has 1 aliphatic carbocycles. The quantitative estimate of drug-likeness (QED) is 0.858. The second kappa shape index (κ2) is 6.42. The Kier molecular flexibility index (Phi) is 4.08. The number of nitriles is 1. The number of ketones is 1. The monoisotopic (exact) mass is 343 g/mol. The van der Waals surface area contributed by atoms with Crippen molar-refractivity contribution >= 4 is 11.6 Å². The molecule has 0 saturated carbocycles. The fraction of sp³-hybridized carbons (Fsp3) is 0.318. The van der Waals surface area contributed by atoms with E-state index in [2.05, 4.69) is 34.6 Å². The van der Waals surface area contributed by atoms with Crippen LogP contribution in [0.2, 0.25) is 0 Å². The highest BCUT2D eigenvalue weighted by Crippen LogP contribution is 2.42. The summed E-state index contributed by atoms with van der Waals surface area (Å²) in [6.07, 6.45) is 3.95. The molecule has 1 N–H and O–H groups in total. The molecule has 1 saturated heterocycles. The van der Waals surface area contributed by atoms with E-state index in [-0.39, 0.29) is 11.3 Å². The van der Waals surface area contributed by atoms with E-state index in [1.807, 2.05) is 24.3 Å². The van der Waals surface area contributed by atoms with Gasteiger partial charge in [0, 0.05) is 13.5 Å². The van der Waals surface area contributed by atoms with Crippen LogP contribution in [0.5, 0.6) is 0 Å². The van der Waals surface area contributed by atoms with Gasteiger partial charge in [-0.25, -0.2) is 0 Å². The zero-order chi connectivity index (χ0) is 18.1. The minimum atomic E-state index is -0.347. The number of aryl methyl sites for hydroxylation is 1. The Balaban J connectivity index is 1.82. The molecule has 2 aliphatic rings. The smallest absolute Gasteiger partial charge is 0.143 e. The van der Waals surface area contributed by atoms with Gasteiger partial charge in [-0.2, -0.15) is 5.26 Å². The molecule has 0 radical (unpaired) electrons. The summed E-state index contributed by atoms with van der Waals surface area (Å²) in [5, 5.41) is 12.8. The fourth-order valence-electron chi connectivity index (χ4n) is 4.30. The number of benzene rings is 2. The second-order valence-electron chi connectivity index (χ2n) is 7.19. The lowest BCUT2D eigenvalue weighted by atomic mass is 9.71. The van der Waals surface area contributed by atoms with Crippen LogP contribution in [0.25, 0.3) is 11.1 Å². The number of fused-ring (bicyclic) bond motifs is 2. The van der Waals surface area contributed by atoms with Gasteiger partial charge in [0.05, 0.1) is 23.6 Å². The molecular formula is C22H21N3O. The molecule has 1 aliphatic heterocycles. The van der Waals surface area contributed by atoms with Crippen molar-refractivity contribution in [2.45, 2.75) is 37.6 Å². The molecule has 4 nitrogen and oxygen atoms in total. The van der Waals surface area contributed by atoms with Crippen molar-refractivity contribution < 1.29 is 4.79 Å². The molecule has 4 heteroatoms. The van der Waals surface area contributed by atoms with E-state index in [0.29, 0.717) is 18.4 Å². The molecule has 0 unspecified atom stereocenters. The Labute approximate surface area is 153 Å². The molecule has 0 aromatic heterocycles. The van der Waals surface area contributed by atoms with Gasteiger partial charge in [-0.15, -0.1) is 0 Å². The molecule has 0 bridgehead atoms. The minimum Gasteiger partial charge on any atom is -0.364 e. The molecule has 26 heavy (non-hydrogen) atoms. The number of amidine groups is 1. The zero-order valence-electron chi connectivity index (χ0n) is 14.9. The Bertz CT molecular complexity index is 954. The topological polar surface area (TPSA) is 65.2 Å². The van der Waals surface area contributed by atoms with Gasteiger partial charge in [-0.1, -0.05) is 24.3 Å². The third-order valence-corrected chi connectivity index (χ3v) is 5.52. The van der Waals surface area contributed by atoms with Crippen LogP contribution in [0.3, 0.4) is 0 Å². The molecule has 1 fully saturated rings. The number of nitrogens with one attached hydrogen (secondary N) is 1. The average Bonchev–Trinajstić information content (AvgIpc) is 2.67. The summed E-state index contributed by atoms with van der Waals surface area (Å²) >= 11 is 0. The number of carbonyl (C=O) groups is 1. The summed E-state index contributed by atoms with van der Waals surface area (Å²) < 4.78 is 0. The highest BCUT2D eigenvalue weighted by Gasteiger charge is 2.42. The van der Waals surface area contributed by atoms with Gasteiger partial charge in [-0.3, -0.25) is 9.79 Å². The number of carbonyl (C=O) groups excluding carboxylic acids is 1. The maximum absolute atomic E-state index is 12.4. The van der Waals surface area contributed by atoms with Crippen LogP contribution >= 0.6 is 0 Å². The summed E-state index contributed by atoms with van der Waals surface area (Å²) in [5.41, 5.74) is 4.92. The SMILES string of the molecule is CN=C1CC(=O)C[C@]2(CCCc3ccc(-c4cccc(C#N)c4)cc32)N1. The van der Waals surface area contributed by atoms with E-state index in [1.165, 1.54) is 11.1 Å². The summed E-state index contributed by atoms with van der Waals surface area (Å²) in [6, 6.07) is 16.4. The fourth-order valence-corrected chi connectivity index (χ4v) is 4.30. The van der Waals surface area contributed by atoms with Crippen molar-refractivity contribution in [2.24, 2.45) is 4.99 Å². The zero-order valence-corrected chi connectivity index (χ0v) is 14.9. The number of aliphatic imine (C=N–C) groups is 1. The molecule has 0 amide bonds. The van der Waals surface area contributed by atoms with Crippen LogP contribution in [0.4, 0.5) is 0 Å². The number of hydrogen-bond acceptors (Lipinski definition) is 3. The third kappa shape index (κ3) is 2.80. The molecule has 1 spiro atoms. The van der Waals surface area contributed by atoms with Gasteiger partial charge < -0.3 is 5.32 Å². The van der Waals surface area contributed by atoms with Crippen LogP contribution in [0.15, 0.2) is 47.5 Å². The van der Waals surface area contributed by atoms with Crippen molar-refractivity contribution in [2.75, 3.05) is 7.05 Å². The third-order valence-electron chi connectivity index (χ3n) is 5.52. The first-order chi connectivity index (χ1) is 12.6. The van der Waals surface area contributed by atoms with Crippen molar-refractivity contribution in [3.63, 3.8) is 0 Å². The lowest BCUT2D eigenvalue weighted by Crippen LogP contribution is -2.53. The molecular weight excluding hydrogens is 322 g/mol. The molecule has 2 aromatic carbocycles. The number of piperidine rings is 1. The highest BCUT2D eigenvalue weighted by atomic mass is 16.1. The number of hydrogen-bond donors (Lipinski definition) is 1. The lowest BCUT2D eigenvalue weighted by Gasteiger charge is -2.43. The van der Waals surface area contributed by atoms with Crippen LogP contribution in [0.1, 0.15) is 42.4 Å². The molecule has 4 rings (SSSR count). The Hall–Kier alpha value is -2.93. The summed E-state index contributed by atoms with van der Waals surface area (Å²) in [6.45, 7) is 0. The van der Waals surface area contributed by atoms with E-state index in [4.69, 9.17) is 0 Å². The van der Waals surface area contributed by atoms with E-state index in [9.17, 15) is 10.1 Å². The number of rotatable bonds is 1. The standard InChI is InChI=1S/C22H21N3O/c1-24-21-12-19(26)13-22(25-21)9-3-6-16-7-8-18(11-20(16)22)17-5-2-4-15(10-17)14-23/h2,4-5,7-8,10-11H,3,6,9,12-13H2,1H3,(H,24,25)/t22-/m0/s1. The van der Waals surface area contributed by atoms with Gasteiger partial charge >= 0.3 is 0 Å². The molecule has 1 heterocycles. The van der Waals surface area contributed by atoms with E-state index in [1.54, 1.807) is 7.05 Å². The first-order valence-corrected chi connectivity index (χ1v) is 9.03. The van der Waals surface area contributed by atoms with Crippen LogP contribution in [-0.2, 0) is 16.8 Å². The maximum Gasteiger partial charge on any atom is 0.143 e. The van der Waals surface area contributed by atoms with E-state index in [0.717, 1.165) is 36.2 Å². The van der Waals surface area contributed by atoms with Gasteiger partial charge in [0.1, 0.15) is 11.6 Å². The van der Waals surface area contributed by atoms with Gasteiger partial charge in [0.2, 0.25) is 0 Å². The van der Waals surface area contributed by atoms with E-state index >= 15 is 0 Å². The molecule has 130 valence electrons. The van der Waals surface area contributed by atoms with Crippen molar-refractivity contribution in [3.8, 4) is 17.2 Å². The number of nitrogens with zero attached hydrogens (tertiary/aromatic N) is 2. The van der Waals surface area contributed by atoms with Crippen LogP contribution < -0.4 is 5.32 Å². The van der Waals surface area contributed by atoms with Crippen LogP contribution in [0, 0.1) is 11.3 Å². The summed E-state index contributed by atoms with van der Waals surface area (Å²) in [7, 11) is 1.74. The Morgan fingerprint density at radius 3 is 2.85 bits per heavy atom. The average molecular weight is 343 g/mol. The lowest BCUT2D eigenvalue weighted by molar-refractivity contribution is -0.120. The van der Waals surface area contributed by atoms with Gasteiger partial charge in [-0.05, 0) is 59.7 Å². The van der Waals surface area contributed by atoms with Crippen LogP contribution in [-0.4, -0.2) is 18.7 Å². The summed E-state index contributed by atoms with van der Waals surface area (Å²) in [4.78, 5) is 16.7. The predicted molar refractivity (Wildman–Crippen MR) is 102 cm³/mol. The Morgan fingerprint density at radius 1 is 1.19 bits per heavy atom. The normalized spacial score (nSPS) is 23.4. The highest BCUT2D eigenvalue weighted by molar-refractivity contribution is 6.04. The van der Waals surface area contributed by atoms with Gasteiger partial charge in [0.15, 0.2) is 0 Å². The maximum atomic E-state index is 12.4. The van der Waals surface area contributed by atoms with Crippen molar-refractivity contribution in [1.29, 1.82) is 5.26 Å². The molecule has 1 atom stereocenters. The first kappa shape index (κ1) is 16.5. The van der Waals surface area contributed by atoms with Gasteiger partial charge in [0.25, 0.3) is 0 Å². The number of Topliss-reactive ketones (excluding diaryl/α,β-unsaturated/α-hetero) is 1. The minimum absolute atomic E-state index is 0.245. The second-order valence-corrected chi connectivity index (χ2v) is 7.19. The predicted octanol–water partition coefficient (Wildman–Crippen LogP) is 3.74. The van der Waals surface area contributed by atoms with E-state index < -0.39 is 0 Å². The van der Waals surface area contributed by atoms with Crippen molar-refractivity contribution in [1.82, 2.24) is 5.32 Å². The van der Waals surface area contributed by atoms with Crippen molar-refractivity contribution in [3.05, 3.63) is 59.2 Å². The summed E-state index contributed by atoms with van der Waals surface area (Å²) in [5.74, 6) is 1.03. The molecule has 2 aromatic rings.